The van der Waals surface area contributed by atoms with Crippen LogP contribution >= 0.6 is 0 Å². The number of ether oxygens (including phenoxy) is 1. The van der Waals surface area contributed by atoms with Gasteiger partial charge in [0.05, 0.1) is 12.7 Å². The first kappa shape index (κ1) is 19.4. The van der Waals surface area contributed by atoms with Crippen molar-refractivity contribution in [3.8, 4) is 5.75 Å². The number of hydrogen-bond donors (Lipinski definition) is 2. The topological polar surface area (TPSA) is 87.7 Å². The Morgan fingerprint density at radius 2 is 1.96 bits per heavy atom. The van der Waals surface area contributed by atoms with E-state index in [9.17, 15) is 14.4 Å². The molecule has 146 valence electrons. The van der Waals surface area contributed by atoms with Crippen molar-refractivity contribution < 1.29 is 19.1 Å². The zero-order chi connectivity index (χ0) is 19.9. The second kappa shape index (κ2) is 9.03. The van der Waals surface area contributed by atoms with Crippen molar-refractivity contribution in [1.82, 2.24) is 5.32 Å². The maximum absolute atomic E-state index is 12.2. The monoisotopic (exact) mass is 381 g/mol. The van der Waals surface area contributed by atoms with E-state index in [4.69, 9.17) is 4.74 Å². The molecule has 0 aromatic heterocycles. The van der Waals surface area contributed by atoms with Crippen LogP contribution in [0.5, 0.6) is 5.75 Å². The third kappa shape index (κ3) is 4.68. The van der Waals surface area contributed by atoms with Crippen molar-refractivity contribution in [2.45, 2.75) is 19.3 Å². The summed E-state index contributed by atoms with van der Waals surface area (Å²) in [6.07, 6.45) is 1.54. The Kier molecular flexibility index (Phi) is 6.26. The Labute approximate surface area is 163 Å². The summed E-state index contributed by atoms with van der Waals surface area (Å²) >= 11 is 0. The van der Waals surface area contributed by atoms with Crippen LogP contribution < -0.4 is 20.3 Å². The van der Waals surface area contributed by atoms with Gasteiger partial charge in [-0.15, -0.1) is 0 Å². The van der Waals surface area contributed by atoms with Gasteiger partial charge in [0.15, 0.2) is 0 Å². The zero-order valence-electron chi connectivity index (χ0n) is 15.7. The standard InChI is InChI=1S/C21H23N3O4/c1-28-18-9-3-2-8-17(18)21(27)22-12-11-19(25)23-15-6-4-7-16(14-15)24-13-5-10-20(24)26/h2-4,6-9,14H,5,10-13H2,1H3,(H,22,27)(H,23,25). The summed E-state index contributed by atoms with van der Waals surface area (Å²) in [7, 11) is 1.50. The quantitative estimate of drug-likeness (QED) is 0.772. The fourth-order valence-electron chi connectivity index (χ4n) is 3.11. The number of amides is 3. The minimum absolute atomic E-state index is 0.0996. The average molecular weight is 381 g/mol. The molecule has 7 heteroatoms. The number of anilines is 2. The van der Waals surface area contributed by atoms with E-state index >= 15 is 0 Å². The molecule has 3 rings (SSSR count). The van der Waals surface area contributed by atoms with Crippen LogP contribution in [0.25, 0.3) is 0 Å². The van der Waals surface area contributed by atoms with E-state index in [0.29, 0.717) is 30.0 Å². The number of benzene rings is 2. The van der Waals surface area contributed by atoms with Crippen molar-refractivity contribution in [2.24, 2.45) is 0 Å². The molecule has 7 nitrogen and oxygen atoms in total. The predicted octanol–water partition coefficient (Wildman–Crippen LogP) is 2.58. The SMILES string of the molecule is COc1ccccc1C(=O)NCCC(=O)Nc1cccc(N2CCCC2=O)c1. The summed E-state index contributed by atoms with van der Waals surface area (Å²) in [5, 5.41) is 5.52. The number of rotatable bonds is 7. The van der Waals surface area contributed by atoms with Gasteiger partial charge in [-0.25, -0.2) is 0 Å². The van der Waals surface area contributed by atoms with Crippen LogP contribution in [0.2, 0.25) is 0 Å². The maximum atomic E-state index is 12.2. The predicted molar refractivity (Wildman–Crippen MR) is 107 cm³/mol. The van der Waals surface area contributed by atoms with Gasteiger partial charge >= 0.3 is 0 Å². The smallest absolute Gasteiger partial charge is 0.255 e. The highest BCUT2D eigenvalue weighted by Crippen LogP contribution is 2.24. The summed E-state index contributed by atoms with van der Waals surface area (Å²) in [6, 6.07) is 14.1. The van der Waals surface area contributed by atoms with Gasteiger partial charge in [-0.05, 0) is 36.8 Å². The molecule has 2 aromatic rings. The van der Waals surface area contributed by atoms with Gasteiger partial charge in [-0.1, -0.05) is 18.2 Å². The molecule has 1 saturated heterocycles. The van der Waals surface area contributed by atoms with E-state index < -0.39 is 0 Å². The maximum Gasteiger partial charge on any atom is 0.255 e. The number of para-hydroxylation sites is 1. The molecule has 1 fully saturated rings. The molecule has 2 N–H and O–H groups in total. The molecular weight excluding hydrogens is 358 g/mol. The molecule has 0 aliphatic carbocycles. The van der Waals surface area contributed by atoms with Crippen LogP contribution in [0.1, 0.15) is 29.6 Å². The molecule has 1 aliphatic rings. The molecule has 0 unspecified atom stereocenters. The van der Waals surface area contributed by atoms with E-state index in [2.05, 4.69) is 10.6 Å². The third-order valence-electron chi connectivity index (χ3n) is 4.50. The lowest BCUT2D eigenvalue weighted by Crippen LogP contribution is -2.28. The van der Waals surface area contributed by atoms with Crippen LogP contribution in [0.15, 0.2) is 48.5 Å². The first-order valence-corrected chi connectivity index (χ1v) is 9.20. The Morgan fingerprint density at radius 3 is 2.71 bits per heavy atom. The summed E-state index contributed by atoms with van der Waals surface area (Å²) in [5.74, 6) is 0.0743. The van der Waals surface area contributed by atoms with Crippen LogP contribution in [0, 0.1) is 0 Å². The summed E-state index contributed by atoms with van der Waals surface area (Å²) < 4.78 is 5.17. The Bertz CT molecular complexity index is 881. The van der Waals surface area contributed by atoms with E-state index in [1.54, 1.807) is 47.4 Å². The normalized spacial score (nSPS) is 13.3. The molecule has 0 saturated carbocycles. The number of hydrogen-bond acceptors (Lipinski definition) is 4. The lowest BCUT2D eigenvalue weighted by Gasteiger charge is -2.16. The zero-order valence-corrected chi connectivity index (χ0v) is 15.7. The summed E-state index contributed by atoms with van der Waals surface area (Å²) in [6.45, 7) is 0.901. The molecule has 2 aromatic carbocycles. The fourth-order valence-corrected chi connectivity index (χ4v) is 3.11. The molecule has 0 bridgehead atoms. The first-order valence-electron chi connectivity index (χ1n) is 9.20. The van der Waals surface area contributed by atoms with E-state index in [1.807, 2.05) is 6.07 Å². The van der Waals surface area contributed by atoms with Crippen molar-refractivity contribution in [1.29, 1.82) is 0 Å². The van der Waals surface area contributed by atoms with Gasteiger partial charge in [0.1, 0.15) is 5.75 Å². The summed E-state index contributed by atoms with van der Waals surface area (Å²) in [4.78, 5) is 38.0. The number of carbonyl (C=O) groups is 3. The van der Waals surface area contributed by atoms with Crippen LogP contribution in [0.4, 0.5) is 11.4 Å². The van der Waals surface area contributed by atoms with E-state index in [0.717, 1.165) is 12.1 Å². The van der Waals surface area contributed by atoms with Gasteiger partial charge < -0.3 is 20.3 Å². The molecule has 0 spiro atoms. The lowest BCUT2D eigenvalue weighted by molar-refractivity contribution is -0.117. The number of carbonyl (C=O) groups excluding carboxylic acids is 3. The second-order valence-electron chi connectivity index (χ2n) is 6.45. The number of methoxy groups -OCH3 is 1. The summed E-state index contributed by atoms with van der Waals surface area (Å²) in [5.41, 5.74) is 1.83. The third-order valence-corrected chi connectivity index (χ3v) is 4.50. The van der Waals surface area contributed by atoms with Crippen molar-refractivity contribution >= 4 is 29.1 Å². The minimum atomic E-state index is -0.292. The number of nitrogens with one attached hydrogen (secondary N) is 2. The fraction of sp³-hybridized carbons (Fsp3) is 0.286. The molecule has 28 heavy (non-hydrogen) atoms. The highest BCUT2D eigenvalue weighted by Gasteiger charge is 2.21. The van der Waals surface area contributed by atoms with Crippen molar-refractivity contribution in [3.63, 3.8) is 0 Å². The Morgan fingerprint density at radius 1 is 1.14 bits per heavy atom. The van der Waals surface area contributed by atoms with Gasteiger partial charge in [0.25, 0.3) is 5.91 Å². The van der Waals surface area contributed by atoms with Crippen molar-refractivity contribution in [3.05, 3.63) is 54.1 Å². The molecular formula is C21H23N3O4. The Balaban J connectivity index is 1.51. The second-order valence-corrected chi connectivity index (χ2v) is 6.45. The van der Waals surface area contributed by atoms with Crippen LogP contribution in [-0.2, 0) is 9.59 Å². The van der Waals surface area contributed by atoms with Gasteiger partial charge in [0, 0.05) is 37.3 Å². The number of nitrogens with zero attached hydrogens (tertiary/aromatic N) is 1. The van der Waals surface area contributed by atoms with Gasteiger partial charge in [-0.2, -0.15) is 0 Å². The van der Waals surface area contributed by atoms with Gasteiger partial charge in [-0.3, -0.25) is 14.4 Å². The van der Waals surface area contributed by atoms with E-state index in [1.165, 1.54) is 7.11 Å². The Hall–Kier alpha value is -3.35. The molecule has 1 aliphatic heterocycles. The molecule has 0 radical (unpaired) electrons. The molecule has 1 heterocycles. The minimum Gasteiger partial charge on any atom is -0.496 e. The average Bonchev–Trinajstić information content (AvgIpc) is 3.14. The highest BCUT2D eigenvalue weighted by molar-refractivity contribution is 5.98. The highest BCUT2D eigenvalue weighted by atomic mass is 16.5. The van der Waals surface area contributed by atoms with Gasteiger partial charge in [0.2, 0.25) is 11.8 Å². The molecule has 0 atom stereocenters. The largest absolute Gasteiger partial charge is 0.496 e. The van der Waals surface area contributed by atoms with Crippen LogP contribution in [0.3, 0.4) is 0 Å². The van der Waals surface area contributed by atoms with Crippen LogP contribution in [-0.4, -0.2) is 37.9 Å². The first-order chi connectivity index (χ1) is 13.6. The van der Waals surface area contributed by atoms with Crippen molar-refractivity contribution in [2.75, 3.05) is 30.4 Å². The van der Waals surface area contributed by atoms with E-state index in [-0.39, 0.29) is 30.7 Å². The molecule has 3 amide bonds. The lowest BCUT2D eigenvalue weighted by atomic mass is 10.2.